The molecule has 0 aromatic heterocycles. The van der Waals surface area contributed by atoms with E-state index < -0.39 is 0 Å². The Morgan fingerprint density at radius 3 is 2.73 bits per heavy atom. The maximum absolute atomic E-state index is 5.62. The number of hydrogen-bond acceptors (Lipinski definition) is 3. The Morgan fingerprint density at radius 2 is 2.27 bits per heavy atom. The third kappa shape index (κ3) is 2.15. The number of nitrogens with two attached hydrogens (primary N) is 1. The molecule has 2 N–H and O–H groups in total. The van der Waals surface area contributed by atoms with Crippen LogP contribution in [0.2, 0.25) is 0 Å². The molecule has 3 heteroatoms. The van der Waals surface area contributed by atoms with Gasteiger partial charge in [-0.25, -0.2) is 0 Å². The van der Waals surface area contributed by atoms with Crippen molar-refractivity contribution in [3.63, 3.8) is 0 Å². The fourth-order valence-electron chi connectivity index (χ4n) is 1.47. The number of morpholine rings is 1. The maximum Gasteiger partial charge on any atom is 0.0753 e. The summed E-state index contributed by atoms with van der Waals surface area (Å²) in [5, 5.41) is 0. The molecule has 0 aromatic carbocycles. The van der Waals surface area contributed by atoms with E-state index in [0.717, 1.165) is 13.2 Å². The van der Waals surface area contributed by atoms with E-state index in [1.807, 2.05) is 0 Å². The van der Waals surface area contributed by atoms with Gasteiger partial charge in [-0.15, -0.1) is 0 Å². The highest BCUT2D eigenvalue weighted by molar-refractivity contribution is 4.83. The minimum absolute atomic E-state index is 0.000417. The molecule has 0 amide bonds. The molecule has 1 fully saturated rings. The van der Waals surface area contributed by atoms with Gasteiger partial charge in [0.05, 0.1) is 12.2 Å². The van der Waals surface area contributed by atoms with Crippen molar-refractivity contribution in [2.24, 2.45) is 5.73 Å². The van der Waals surface area contributed by atoms with Gasteiger partial charge in [0.25, 0.3) is 0 Å². The molecule has 1 aliphatic heterocycles. The molecule has 1 saturated heterocycles. The number of ether oxygens (including phenoxy) is 1. The van der Waals surface area contributed by atoms with E-state index in [1.165, 1.54) is 0 Å². The molecule has 1 atom stereocenters. The van der Waals surface area contributed by atoms with Gasteiger partial charge >= 0.3 is 0 Å². The van der Waals surface area contributed by atoms with Gasteiger partial charge in [0.2, 0.25) is 0 Å². The van der Waals surface area contributed by atoms with Crippen LogP contribution in [0.5, 0.6) is 0 Å². The van der Waals surface area contributed by atoms with Crippen molar-refractivity contribution in [2.45, 2.75) is 25.5 Å². The predicted molar refractivity (Wildman–Crippen MR) is 45.5 cm³/mol. The van der Waals surface area contributed by atoms with Crippen LogP contribution >= 0.6 is 0 Å². The average Bonchev–Trinajstić information content (AvgIpc) is 1.86. The summed E-state index contributed by atoms with van der Waals surface area (Å²) < 4.78 is 5.62. The molecular weight excluding hydrogens is 140 g/mol. The number of rotatable bonds is 1. The van der Waals surface area contributed by atoms with Gasteiger partial charge in [0.15, 0.2) is 0 Å². The maximum atomic E-state index is 5.62. The van der Waals surface area contributed by atoms with Crippen LogP contribution in [-0.2, 0) is 4.74 Å². The van der Waals surface area contributed by atoms with E-state index in [2.05, 4.69) is 25.8 Å². The van der Waals surface area contributed by atoms with Crippen LogP contribution in [0.15, 0.2) is 0 Å². The first kappa shape index (κ1) is 8.97. The Bertz CT molecular complexity index is 136. The SMILES string of the molecule is CN1CC(C)(C)OCC1CN. The van der Waals surface area contributed by atoms with E-state index in [-0.39, 0.29) is 5.60 Å². The van der Waals surface area contributed by atoms with Gasteiger partial charge in [-0.3, -0.25) is 4.90 Å². The quantitative estimate of drug-likeness (QED) is 0.586. The second-order valence-electron chi connectivity index (χ2n) is 3.88. The van der Waals surface area contributed by atoms with Gasteiger partial charge in [0.1, 0.15) is 0 Å². The molecule has 1 heterocycles. The van der Waals surface area contributed by atoms with Crippen molar-refractivity contribution < 1.29 is 4.74 Å². The van der Waals surface area contributed by atoms with Crippen molar-refractivity contribution in [2.75, 3.05) is 26.7 Å². The largest absolute Gasteiger partial charge is 0.373 e. The lowest BCUT2D eigenvalue weighted by molar-refractivity contribution is -0.104. The molecule has 0 bridgehead atoms. The van der Waals surface area contributed by atoms with Gasteiger partial charge in [0, 0.05) is 19.1 Å². The zero-order valence-corrected chi connectivity index (χ0v) is 7.63. The summed E-state index contributed by atoms with van der Waals surface area (Å²) in [5.74, 6) is 0. The second-order valence-corrected chi connectivity index (χ2v) is 3.88. The van der Waals surface area contributed by atoms with E-state index in [4.69, 9.17) is 10.5 Å². The minimum Gasteiger partial charge on any atom is -0.373 e. The number of nitrogens with zero attached hydrogens (tertiary/aromatic N) is 1. The summed E-state index contributed by atoms with van der Waals surface area (Å²) in [6, 6.07) is 0.406. The Labute approximate surface area is 68.5 Å². The molecular formula is C8H18N2O. The molecule has 11 heavy (non-hydrogen) atoms. The summed E-state index contributed by atoms with van der Waals surface area (Å²) in [5.41, 5.74) is 5.56. The van der Waals surface area contributed by atoms with Crippen LogP contribution in [-0.4, -0.2) is 43.3 Å². The molecule has 0 radical (unpaired) electrons. The molecule has 3 nitrogen and oxygen atoms in total. The minimum atomic E-state index is 0.000417. The lowest BCUT2D eigenvalue weighted by Gasteiger charge is -2.41. The second kappa shape index (κ2) is 3.09. The standard InChI is InChI=1S/C8H18N2O/c1-8(2)6-10(3)7(4-9)5-11-8/h7H,4-6,9H2,1-3H3. The zero-order chi connectivity index (χ0) is 8.48. The molecule has 1 aliphatic rings. The van der Waals surface area contributed by atoms with Crippen molar-refractivity contribution in [3.8, 4) is 0 Å². The van der Waals surface area contributed by atoms with Gasteiger partial charge in [-0.05, 0) is 20.9 Å². The van der Waals surface area contributed by atoms with Crippen LogP contribution in [0.1, 0.15) is 13.8 Å². The Morgan fingerprint density at radius 1 is 1.64 bits per heavy atom. The predicted octanol–water partition coefficient (Wildman–Crippen LogP) is 0.0543. The Balaban J connectivity index is 2.48. The molecule has 1 rings (SSSR count). The first-order valence-corrected chi connectivity index (χ1v) is 4.09. The average molecular weight is 158 g/mol. The van der Waals surface area contributed by atoms with E-state index in [0.29, 0.717) is 12.6 Å². The summed E-state index contributed by atoms with van der Waals surface area (Å²) in [4.78, 5) is 2.27. The first-order chi connectivity index (χ1) is 5.05. The molecule has 0 saturated carbocycles. The molecule has 1 unspecified atom stereocenters. The highest BCUT2D eigenvalue weighted by Crippen LogP contribution is 2.18. The Kier molecular flexibility index (Phi) is 2.52. The van der Waals surface area contributed by atoms with E-state index in [9.17, 15) is 0 Å². The highest BCUT2D eigenvalue weighted by atomic mass is 16.5. The Hall–Kier alpha value is -0.120. The van der Waals surface area contributed by atoms with Crippen molar-refractivity contribution in [1.29, 1.82) is 0 Å². The van der Waals surface area contributed by atoms with Crippen molar-refractivity contribution in [1.82, 2.24) is 4.90 Å². The van der Waals surface area contributed by atoms with E-state index in [1.54, 1.807) is 0 Å². The lowest BCUT2D eigenvalue weighted by Crippen LogP contribution is -2.54. The van der Waals surface area contributed by atoms with Gasteiger partial charge < -0.3 is 10.5 Å². The fraction of sp³-hybridized carbons (Fsp3) is 1.00. The molecule has 0 aromatic rings. The van der Waals surface area contributed by atoms with Crippen LogP contribution in [0.25, 0.3) is 0 Å². The lowest BCUT2D eigenvalue weighted by atomic mass is 10.1. The van der Waals surface area contributed by atoms with Crippen LogP contribution < -0.4 is 5.73 Å². The topological polar surface area (TPSA) is 38.5 Å². The smallest absolute Gasteiger partial charge is 0.0753 e. The van der Waals surface area contributed by atoms with E-state index >= 15 is 0 Å². The normalized spacial score (nSPS) is 32.2. The third-order valence-corrected chi connectivity index (χ3v) is 2.19. The fourth-order valence-corrected chi connectivity index (χ4v) is 1.47. The third-order valence-electron chi connectivity index (χ3n) is 2.19. The summed E-state index contributed by atoms with van der Waals surface area (Å²) in [6.45, 7) is 6.63. The van der Waals surface area contributed by atoms with Gasteiger partial charge in [-0.1, -0.05) is 0 Å². The zero-order valence-electron chi connectivity index (χ0n) is 7.63. The molecule has 0 spiro atoms. The monoisotopic (exact) mass is 158 g/mol. The summed E-state index contributed by atoms with van der Waals surface area (Å²) in [6.07, 6.45) is 0. The summed E-state index contributed by atoms with van der Waals surface area (Å²) in [7, 11) is 2.10. The van der Waals surface area contributed by atoms with Crippen LogP contribution in [0, 0.1) is 0 Å². The number of hydrogen-bond donors (Lipinski definition) is 1. The molecule has 0 aliphatic carbocycles. The summed E-state index contributed by atoms with van der Waals surface area (Å²) >= 11 is 0. The van der Waals surface area contributed by atoms with Crippen molar-refractivity contribution in [3.05, 3.63) is 0 Å². The van der Waals surface area contributed by atoms with Crippen LogP contribution in [0.4, 0.5) is 0 Å². The van der Waals surface area contributed by atoms with Crippen molar-refractivity contribution >= 4 is 0 Å². The van der Waals surface area contributed by atoms with Gasteiger partial charge in [-0.2, -0.15) is 0 Å². The first-order valence-electron chi connectivity index (χ1n) is 4.09. The van der Waals surface area contributed by atoms with Crippen LogP contribution in [0.3, 0.4) is 0 Å². The highest BCUT2D eigenvalue weighted by Gasteiger charge is 2.30. The molecule has 66 valence electrons. The number of likely N-dealkylation sites (N-methyl/N-ethyl adjacent to an activating group) is 1.